The molecular weight excluding hydrogens is 380 g/mol. The van der Waals surface area contributed by atoms with Gasteiger partial charge >= 0.3 is 0 Å². The van der Waals surface area contributed by atoms with Gasteiger partial charge in [0.05, 0.1) is 24.9 Å². The average Bonchev–Trinajstić information content (AvgIpc) is 3.13. The van der Waals surface area contributed by atoms with Crippen molar-refractivity contribution in [1.29, 1.82) is 0 Å². The molecule has 148 valence electrons. The summed E-state index contributed by atoms with van der Waals surface area (Å²) in [4.78, 5) is 26.1. The SMILES string of the molecule is COc1cc(CCC(=O)Nc2cc(N3CCCC3=O)ccc2Cl)cc(OC)c1. The number of aryl methyl sites for hydroxylation is 1. The first kappa shape index (κ1) is 20.0. The zero-order valence-electron chi connectivity index (χ0n) is 16.0. The van der Waals surface area contributed by atoms with Crippen LogP contribution in [0.1, 0.15) is 24.8 Å². The van der Waals surface area contributed by atoms with Crippen LogP contribution in [-0.2, 0) is 16.0 Å². The number of carbonyl (C=O) groups excluding carboxylic acids is 2. The predicted molar refractivity (Wildman–Crippen MR) is 110 cm³/mol. The maximum atomic E-state index is 12.4. The number of benzene rings is 2. The number of rotatable bonds is 7. The molecule has 2 amide bonds. The first-order valence-electron chi connectivity index (χ1n) is 9.12. The summed E-state index contributed by atoms with van der Waals surface area (Å²) in [6, 6.07) is 10.8. The van der Waals surface area contributed by atoms with E-state index in [1.54, 1.807) is 43.4 Å². The van der Waals surface area contributed by atoms with Crippen molar-refractivity contribution >= 4 is 34.8 Å². The van der Waals surface area contributed by atoms with Gasteiger partial charge in [0.1, 0.15) is 11.5 Å². The maximum absolute atomic E-state index is 12.4. The van der Waals surface area contributed by atoms with E-state index in [1.807, 2.05) is 12.1 Å². The molecule has 0 aromatic heterocycles. The molecule has 1 fully saturated rings. The van der Waals surface area contributed by atoms with Crippen molar-refractivity contribution < 1.29 is 19.1 Å². The molecule has 0 aliphatic carbocycles. The molecule has 0 radical (unpaired) electrons. The Balaban J connectivity index is 1.66. The van der Waals surface area contributed by atoms with E-state index in [1.165, 1.54) is 0 Å². The molecule has 0 saturated carbocycles. The fourth-order valence-corrected chi connectivity index (χ4v) is 3.34. The van der Waals surface area contributed by atoms with Gasteiger partial charge in [-0.3, -0.25) is 9.59 Å². The van der Waals surface area contributed by atoms with E-state index in [-0.39, 0.29) is 18.2 Å². The van der Waals surface area contributed by atoms with Crippen LogP contribution < -0.4 is 19.7 Å². The van der Waals surface area contributed by atoms with Crippen LogP contribution in [0.4, 0.5) is 11.4 Å². The third-order valence-corrected chi connectivity index (χ3v) is 4.99. The van der Waals surface area contributed by atoms with Gasteiger partial charge in [0.25, 0.3) is 0 Å². The Labute approximate surface area is 169 Å². The maximum Gasteiger partial charge on any atom is 0.227 e. The van der Waals surface area contributed by atoms with Crippen molar-refractivity contribution in [2.75, 3.05) is 31.0 Å². The lowest BCUT2D eigenvalue weighted by molar-refractivity contribution is -0.117. The molecule has 2 aromatic carbocycles. The lowest BCUT2D eigenvalue weighted by atomic mass is 10.1. The molecular formula is C21H23ClN2O4. The number of hydrogen-bond acceptors (Lipinski definition) is 4. The largest absolute Gasteiger partial charge is 0.497 e. The van der Waals surface area contributed by atoms with Crippen LogP contribution in [0.15, 0.2) is 36.4 Å². The molecule has 7 heteroatoms. The standard InChI is InChI=1S/C21H23ClN2O4/c1-27-16-10-14(11-17(13-16)28-2)5-8-20(25)23-19-12-15(6-7-18(19)22)24-9-3-4-21(24)26/h6-7,10-13H,3-5,8-9H2,1-2H3,(H,23,25). The summed E-state index contributed by atoms with van der Waals surface area (Å²) >= 11 is 6.23. The van der Waals surface area contributed by atoms with Crippen molar-refractivity contribution in [3.8, 4) is 11.5 Å². The number of nitrogens with one attached hydrogen (secondary N) is 1. The van der Waals surface area contributed by atoms with Gasteiger partial charge in [-0.05, 0) is 48.7 Å². The van der Waals surface area contributed by atoms with Gasteiger partial charge in [-0.15, -0.1) is 0 Å². The van der Waals surface area contributed by atoms with Crippen LogP contribution in [0.25, 0.3) is 0 Å². The van der Waals surface area contributed by atoms with Crippen LogP contribution in [-0.4, -0.2) is 32.6 Å². The molecule has 0 atom stereocenters. The highest BCUT2D eigenvalue weighted by Gasteiger charge is 2.22. The Morgan fingerprint density at radius 2 is 1.86 bits per heavy atom. The van der Waals surface area contributed by atoms with E-state index in [4.69, 9.17) is 21.1 Å². The van der Waals surface area contributed by atoms with Crippen LogP contribution in [0, 0.1) is 0 Å². The summed E-state index contributed by atoms with van der Waals surface area (Å²) < 4.78 is 10.5. The molecule has 0 bridgehead atoms. The smallest absolute Gasteiger partial charge is 0.227 e. The molecule has 6 nitrogen and oxygen atoms in total. The van der Waals surface area contributed by atoms with Crippen molar-refractivity contribution in [1.82, 2.24) is 0 Å². The number of amides is 2. The predicted octanol–water partition coefficient (Wildman–Crippen LogP) is 4.06. The summed E-state index contributed by atoms with van der Waals surface area (Å²) in [5.41, 5.74) is 2.20. The highest BCUT2D eigenvalue weighted by molar-refractivity contribution is 6.33. The normalized spacial score (nSPS) is 13.5. The van der Waals surface area contributed by atoms with E-state index in [0.29, 0.717) is 41.6 Å². The Hall–Kier alpha value is -2.73. The molecule has 1 aliphatic heterocycles. The number of halogens is 1. The number of anilines is 2. The van der Waals surface area contributed by atoms with Gasteiger partial charge in [-0.25, -0.2) is 0 Å². The fourth-order valence-electron chi connectivity index (χ4n) is 3.18. The molecule has 28 heavy (non-hydrogen) atoms. The first-order valence-corrected chi connectivity index (χ1v) is 9.49. The number of nitrogens with zero attached hydrogens (tertiary/aromatic N) is 1. The first-order chi connectivity index (χ1) is 13.5. The Bertz CT molecular complexity index is 862. The van der Waals surface area contributed by atoms with Gasteiger partial charge in [0.2, 0.25) is 11.8 Å². The quantitative estimate of drug-likeness (QED) is 0.758. The minimum absolute atomic E-state index is 0.0894. The van der Waals surface area contributed by atoms with E-state index in [0.717, 1.165) is 17.7 Å². The Kier molecular flexibility index (Phi) is 6.41. The van der Waals surface area contributed by atoms with Crippen LogP contribution in [0.5, 0.6) is 11.5 Å². The second kappa shape index (κ2) is 8.97. The van der Waals surface area contributed by atoms with Gasteiger partial charge in [-0.2, -0.15) is 0 Å². The van der Waals surface area contributed by atoms with Gasteiger partial charge in [0, 0.05) is 31.1 Å². The second-order valence-corrected chi connectivity index (χ2v) is 6.99. The topological polar surface area (TPSA) is 67.9 Å². The molecule has 1 saturated heterocycles. The fraction of sp³-hybridized carbons (Fsp3) is 0.333. The molecule has 3 rings (SSSR count). The van der Waals surface area contributed by atoms with E-state index in [2.05, 4.69) is 5.32 Å². The summed E-state index contributed by atoms with van der Waals surface area (Å²) in [6.07, 6.45) is 2.20. The zero-order chi connectivity index (χ0) is 20.1. The van der Waals surface area contributed by atoms with Crippen molar-refractivity contribution in [2.45, 2.75) is 25.7 Å². The summed E-state index contributed by atoms with van der Waals surface area (Å²) in [6.45, 7) is 0.686. The zero-order valence-corrected chi connectivity index (χ0v) is 16.7. The lowest BCUT2D eigenvalue weighted by Crippen LogP contribution is -2.23. The highest BCUT2D eigenvalue weighted by Crippen LogP contribution is 2.30. The number of methoxy groups -OCH3 is 2. The number of ether oxygens (including phenoxy) is 2. The minimum Gasteiger partial charge on any atom is -0.497 e. The monoisotopic (exact) mass is 402 g/mol. The molecule has 1 N–H and O–H groups in total. The summed E-state index contributed by atoms with van der Waals surface area (Å²) in [5.74, 6) is 1.29. The van der Waals surface area contributed by atoms with E-state index < -0.39 is 0 Å². The van der Waals surface area contributed by atoms with Gasteiger partial charge in [0.15, 0.2) is 0 Å². The molecule has 1 aliphatic rings. The van der Waals surface area contributed by atoms with Crippen LogP contribution in [0.3, 0.4) is 0 Å². The summed E-state index contributed by atoms with van der Waals surface area (Å²) in [5, 5.41) is 3.28. The average molecular weight is 403 g/mol. The van der Waals surface area contributed by atoms with Crippen molar-refractivity contribution in [3.05, 3.63) is 47.0 Å². The van der Waals surface area contributed by atoms with Crippen LogP contribution in [0.2, 0.25) is 5.02 Å². The van der Waals surface area contributed by atoms with Crippen molar-refractivity contribution in [2.24, 2.45) is 0 Å². The van der Waals surface area contributed by atoms with Gasteiger partial charge in [-0.1, -0.05) is 11.6 Å². The third kappa shape index (κ3) is 4.75. The Morgan fingerprint density at radius 3 is 2.46 bits per heavy atom. The summed E-state index contributed by atoms with van der Waals surface area (Å²) in [7, 11) is 3.18. The highest BCUT2D eigenvalue weighted by atomic mass is 35.5. The molecule has 0 spiro atoms. The Morgan fingerprint density at radius 1 is 1.14 bits per heavy atom. The number of hydrogen-bond donors (Lipinski definition) is 1. The molecule has 1 heterocycles. The number of carbonyl (C=O) groups is 2. The molecule has 2 aromatic rings. The molecule has 0 unspecified atom stereocenters. The van der Waals surface area contributed by atoms with Crippen molar-refractivity contribution in [3.63, 3.8) is 0 Å². The minimum atomic E-state index is -0.159. The lowest BCUT2D eigenvalue weighted by Gasteiger charge is -2.17. The van der Waals surface area contributed by atoms with Gasteiger partial charge < -0.3 is 19.7 Å². The second-order valence-electron chi connectivity index (χ2n) is 6.58. The third-order valence-electron chi connectivity index (χ3n) is 4.66. The van der Waals surface area contributed by atoms with E-state index in [9.17, 15) is 9.59 Å². The van der Waals surface area contributed by atoms with E-state index >= 15 is 0 Å². The van der Waals surface area contributed by atoms with Crippen LogP contribution >= 0.6 is 11.6 Å².